The van der Waals surface area contributed by atoms with Crippen molar-refractivity contribution in [3.63, 3.8) is 0 Å². The van der Waals surface area contributed by atoms with E-state index >= 15 is 0 Å². The van der Waals surface area contributed by atoms with Crippen molar-refractivity contribution < 1.29 is 9.32 Å². The number of carbonyl (C=O) groups excluding carboxylic acids is 1. The lowest BCUT2D eigenvalue weighted by molar-refractivity contribution is 0.0918. The average molecular weight is 459 g/mol. The number of para-hydroxylation sites is 1. The SMILES string of the molecule is Cc1nn(-c2ccccc2)c2sc(C(=O)NC(c3nc(-c4ccncc4)no3)C(C)C)cc12. The summed E-state index contributed by atoms with van der Waals surface area (Å²) in [7, 11) is 0. The molecule has 0 aliphatic carbocycles. The molecule has 4 aromatic heterocycles. The van der Waals surface area contributed by atoms with Crippen LogP contribution in [0.15, 0.2) is 65.4 Å². The van der Waals surface area contributed by atoms with Crippen molar-refractivity contribution in [3.8, 4) is 17.1 Å². The Morgan fingerprint density at radius 1 is 1.12 bits per heavy atom. The fourth-order valence-corrected chi connectivity index (χ4v) is 4.69. The minimum absolute atomic E-state index is 0.0515. The van der Waals surface area contributed by atoms with Gasteiger partial charge in [-0.3, -0.25) is 9.78 Å². The monoisotopic (exact) mass is 458 g/mol. The van der Waals surface area contributed by atoms with Crippen LogP contribution in [0.5, 0.6) is 0 Å². The van der Waals surface area contributed by atoms with Crippen molar-refractivity contribution in [3.05, 3.63) is 77.4 Å². The van der Waals surface area contributed by atoms with E-state index in [-0.39, 0.29) is 11.8 Å². The van der Waals surface area contributed by atoms with E-state index in [0.29, 0.717) is 16.6 Å². The first-order valence-corrected chi connectivity index (χ1v) is 11.4. The van der Waals surface area contributed by atoms with Gasteiger partial charge in [-0.15, -0.1) is 11.3 Å². The molecule has 166 valence electrons. The van der Waals surface area contributed by atoms with Gasteiger partial charge in [-0.05, 0) is 43.2 Å². The van der Waals surface area contributed by atoms with Gasteiger partial charge in [-0.25, -0.2) is 4.68 Å². The van der Waals surface area contributed by atoms with Crippen LogP contribution in [0.3, 0.4) is 0 Å². The Morgan fingerprint density at radius 3 is 2.61 bits per heavy atom. The number of nitrogens with zero attached hydrogens (tertiary/aromatic N) is 5. The molecule has 5 rings (SSSR count). The van der Waals surface area contributed by atoms with Crippen LogP contribution in [0.4, 0.5) is 0 Å². The Labute approximate surface area is 194 Å². The molecule has 4 heterocycles. The molecule has 5 aromatic rings. The van der Waals surface area contributed by atoms with E-state index in [0.717, 1.165) is 27.2 Å². The summed E-state index contributed by atoms with van der Waals surface area (Å²) in [6, 6.07) is 15.0. The summed E-state index contributed by atoms with van der Waals surface area (Å²) in [5.41, 5.74) is 2.64. The summed E-state index contributed by atoms with van der Waals surface area (Å²) >= 11 is 1.41. The predicted molar refractivity (Wildman–Crippen MR) is 126 cm³/mol. The van der Waals surface area contributed by atoms with Crippen molar-refractivity contribution in [1.82, 2.24) is 30.2 Å². The molecule has 0 bridgehead atoms. The summed E-state index contributed by atoms with van der Waals surface area (Å²) in [6.07, 6.45) is 3.35. The second-order valence-electron chi connectivity index (χ2n) is 8.05. The number of nitrogens with one attached hydrogen (secondary N) is 1. The highest BCUT2D eigenvalue weighted by atomic mass is 32.1. The number of aryl methyl sites for hydroxylation is 1. The molecule has 0 aliphatic rings. The molecule has 1 unspecified atom stereocenters. The first kappa shape index (κ1) is 21.0. The van der Waals surface area contributed by atoms with E-state index in [4.69, 9.17) is 4.52 Å². The molecule has 1 atom stereocenters. The molecule has 0 fully saturated rings. The second-order valence-corrected chi connectivity index (χ2v) is 9.08. The fourth-order valence-electron chi connectivity index (χ4n) is 3.61. The van der Waals surface area contributed by atoms with Gasteiger partial charge in [0, 0.05) is 23.3 Å². The summed E-state index contributed by atoms with van der Waals surface area (Å²) in [4.78, 5) is 23.3. The van der Waals surface area contributed by atoms with Gasteiger partial charge in [-0.1, -0.05) is 37.2 Å². The normalized spacial score (nSPS) is 12.4. The molecular formula is C24H22N6O2S. The van der Waals surface area contributed by atoms with Crippen LogP contribution in [0.2, 0.25) is 0 Å². The fraction of sp³-hybridized carbons (Fsp3) is 0.208. The summed E-state index contributed by atoms with van der Waals surface area (Å²) in [5, 5.41) is 12.8. The number of thiophene rings is 1. The predicted octanol–water partition coefficient (Wildman–Crippen LogP) is 4.97. The van der Waals surface area contributed by atoms with E-state index in [9.17, 15) is 4.79 Å². The van der Waals surface area contributed by atoms with Crippen LogP contribution < -0.4 is 5.32 Å². The maximum absolute atomic E-state index is 13.2. The van der Waals surface area contributed by atoms with Crippen molar-refractivity contribution in [2.45, 2.75) is 26.8 Å². The van der Waals surface area contributed by atoms with Gasteiger partial charge in [0.05, 0.1) is 16.3 Å². The number of hydrogen-bond acceptors (Lipinski definition) is 7. The van der Waals surface area contributed by atoms with Gasteiger partial charge in [0.25, 0.3) is 5.91 Å². The number of benzene rings is 1. The van der Waals surface area contributed by atoms with E-state index in [1.54, 1.807) is 12.4 Å². The van der Waals surface area contributed by atoms with E-state index < -0.39 is 6.04 Å². The number of rotatable bonds is 6. The number of hydrogen-bond donors (Lipinski definition) is 1. The number of carbonyl (C=O) groups is 1. The lowest BCUT2D eigenvalue weighted by atomic mass is 10.0. The highest BCUT2D eigenvalue weighted by Crippen LogP contribution is 2.31. The topological polar surface area (TPSA) is 98.7 Å². The van der Waals surface area contributed by atoms with Gasteiger partial charge in [-0.2, -0.15) is 10.1 Å². The molecule has 0 radical (unpaired) electrons. The summed E-state index contributed by atoms with van der Waals surface area (Å²) < 4.78 is 7.39. The molecule has 1 aromatic carbocycles. The average Bonchev–Trinajstić information content (AvgIpc) is 3.55. The van der Waals surface area contributed by atoms with Crippen LogP contribution in [0.25, 0.3) is 27.3 Å². The lowest BCUT2D eigenvalue weighted by Crippen LogP contribution is -2.31. The van der Waals surface area contributed by atoms with Gasteiger partial charge >= 0.3 is 0 Å². The maximum Gasteiger partial charge on any atom is 0.262 e. The Kier molecular flexibility index (Phi) is 5.47. The van der Waals surface area contributed by atoms with Crippen LogP contribution in [-0.4, -0.2) is 30.8 Å². The number of amides is 1. The highest BCUT2D eigenvalue weighted by Gasteiger charge is 2.27. The first-order valence-electron chi connectivity index (χ1n) is 10.6. The molecule has 33 heavy (non-hydrogen) atoms. The van der Waals surface area contributed by atoms with Crippen LogP contribution in [0, 0.1) is 12.8 Å². The Bertz CT molecular complexity index is 1410. The zero-order valence-corrected chi connectivity index (χ0v) is 19.2. The van der Waals surface area contributed by atoms with Crippen LogP contribution >= 0.6 is 11.3 Å². The standard InChI is InChI=1S/C24H22N6O2S/c1-14(2)20(23-27-21(29-32-23)16-9-11-25-12-10-16)26-22(31)19-13-18-15(3)28-30(24(18)33-19)17-7-5-4-6-8-17/h4-14,20H,1-3H3,(H,26,31). The van der Waals surface area contributed by atoms with Crippen LogP contribution in [0.1, 0.15) is 41.1 Å². The quantitative estimate of drug-likeness (QED) is 0.386. The number of fused-ring (bicyclic) bond motifs is 1. The zero-order valence-electron chi connectivity index (χ0n) is 18.4. The smallest absolute Gasteiger partial charge is 0.262 e. The number of pyridine rings is 1. The Morgan fingerprint density at radius 2 is 1.88 bits per heavy atom. The van der Waals surface area contributed by atoms with E-state index in [2.05, 4.69) is 25.5 Å². The highest BCUT2D eigenvalue weighted by molar-refractivity contribution is 7.20. The molecule has 0 spiro atoms. The third-order valence-corrected chi connectivity index (χ3v) is 6.48. The molecular weight excluding hydrogens is 436 g/mol. The number of aromatic nitrogens is 5. The molecule has 0 saturated carbocycles. The molecule has 0 aliphatic heterocycles. The van der Waals surface area contributed by atoms with Gasteiger partial charge in [0.15, 0.2) is 0 Å². The van der Waals surface area contributed by atoms with Gasteiger partial charge < -0.3 is 9.84 Å². The van der Waals surface area contributed by atoms with E-state index in [1.165, 1.54) is 11.3 Å². The molecule has 1 N–H and O–H groups in total. The zero-order chi connectivity index (χ0) is 22.9. The van der Waals surface area contributed by atoms with Crippen molar-refractivity contribution >= 4 is 27.5 Å². The Balaban J connectivity index is 1.43. The third kappa shape index (κ3) is 4.03. The van der Waals surface area contributed by atoms with Crippen molar-refractivity contribution in [2.24, 2.45) is 5.92 Å². The first-order chi connectivity index (χ1) is 16.0. The van der Waals surface area contributed by atoms with Gasteiger partial charge in [0.2, 0.25) is 11.7 Å². The van der Waals surface area contributed by atoms with Crippen molar-refractivity contribution in [2.75, 3.05) is 0 Å². The molecule has 9 heteroatoms. The minimum Gasteiger partial charge on any atom is -0.339 e. The molecule has 8 nitrogen and oxygen atoms in total. The van der Waals surface area contributed by atoms with Crippen molar-refractivity contribution in [1.29, 1.82) is 0 Å². The van der Waals surface area contributed by atoms with Crippen LogP contribution in [-0.2, 0) is 0 Å². The third-order valence-electron chi connectivity index (χ3n) is 5.37. The second kappa shape index (κ2) is 8.59. The molecule has 0 saturated heterocycles. The Hall–Kier alpha value is -3.85. The largest absolute Gasteiger partial charge is 0.339 e. The minimum atomic E-state index is -0.419. The van der Waals surface area contributed by atoms with Gasteiger partial charge in [0.1, 0.15) is 10.9 Å². The molecule has 1 amide bonds. The maximum atomic E-state index is 13.2. The summed E-state index contributed by atoms with van der Waals surface area (Å²) in [5.74, 6) is 0.707. The summed E-state index contributed by atoms with van der Waals surface area (Å²) in [6.45, 7) is 5.96. The lowest BCUT2D eigenvalue weighted by Gasteiger charge is -2.17. The van der Waals surface area contributed by atoms with E-state index in [1.807, 2.05) is 74.0 Å².